The monoisotopic (exact) mass is 274 g/mol. The fourth-order valence-corrected chi connectivity index (χ4v) is 2.35. The molecule has 1 aromatic carbocycles. The van der Waals surface area contributed by atoms with E-state index in [1.165, 1.54) is 12.0 Å². The van der Waals surface area contributed by atoms with Crippen molar-refractivity contribution in [1.82, 2.24) is 10.2 Å². The average molecular weight is 274 g/mol. The minimum Gasteiger partial charge on any atom is -0.466 e. The van der Waals surface area contributed by atoms with Crippen molar-refractivity contribution in [1.29, 1.82) is 0 Å². The quantitative estimate of drug-likeness (QED) is 0.841. The first-order valence-electron chi connectivity index (χ1n) is 6.36. The molecule has 1 aromatic rings. The van der Waals surface area contributed by atoms with E-state index in [1.54, 1.807) is 14.0 Å². The highest BCUT2D eigenvalue weighted by Crippen LogP contribution is 2.31. The van der Waals surface area contributed by atoms with Gasteiger partial charge < -0.3 is 15.0 Å². The molecule has 106 valence electrons. The van der Waals surface area contributed by atoms with Gasteiger partial charge in [-0.15, -0.1) is 0 Å². The molecule has 1 heterocycles. The van der Waals surface area contributed by atoms with E-state index < -0.39 is 12.0 Å². The Morgan fingerprint density at radius 2 is 1.95 bits per heavy atom. The van der Waals surface area contributed by atoms with E-state index in [0.717, 1.165) is 11.1 Å². The number of amides is 2. The molecule has 2 amide bonds. The summed E-state index contributed by atoms with van der Waals surface area (Å²) in [6.07, 6.45) is 0. The van der Waals surface area contributed by atoms with Crippen LogP contribution in [0.2, 0.25) is 0 Å². The molecular formula is C15H18N2O3. The third kappa shape index (κ3) is 2.27. The van der Waals surface area contributed by atoms with Gasteiger partial charge in [-0.3, -0.25) is 0 Å². The Morgan fingerprint density at radius 3 is 2.55 bits per heavy atom. The molecular weight excluding hydrogens is 256 g/mol. The van der Waals surface area contributed by atoms with Crippen LogP contribution in [0.25, 0.3) is 0 Å². The zero-order valence-corrected chi connectivity index (χ0v) is 12.1. The number of nitrogens with one attached hydrogen (secondary N) is 1. The van der Waals surface area contributed by atoms with E-state index in [9.17, 15) is 9.59 Å². The van der Waals surface area contributed by atoms with E-state index in [4.69, 9.17) is 4.74 Å². The zero-order valence-electron chi connectivity index (χ0n) is 12.1. The lowest BCUT2D eigenvalue weighted by molar-refractivity contribution is -0.136. The van der Waals surface area contributed by atoms with Crippen molar-refractivity contribution < 1.29 is 14.3 Å². The Kier molecular flexibility index (Phi) is 3.79. The van der Waals surface area contributed by atoms with Gasteiger partial charge in [-0.05, 0) is 25.0 Å². The molecule has 1 aliphatic heterocycles. The van der Waals surface area contributed by atoms with Crippen LogP contribution in [0.3, 0.4) is 0 Å². The van der Waals surface area contributed by atoms with Crippen LogP contribution >= 0.6 is 0 Å². The summed E-state index contributed by atoms with van der Waals surface area (Å²) in [5.74, 6) is -0.428. The number of urea groups is 1. The predicted molar refractivity (Wildman–Crippen MR) is 74.9 cm³/mol. The topological polar surface area (TPSA) is 58.6 Å². The summed E-state index contributed by atoms with van der Waals surface area (Å²) in [7, 11) is 2.97. The number of aryl methyl sites for hydroxylation is 1. The first-order chi connectivity index (χ1) is 9.47. The minimum atomic E-state index is -0.479. The summed E-state index contributed by atoms with van der Waals surface area (Å²) in [6, 6.07) is 6.95. The third-order valence-corrected chi connectivity index (χ3v) is 3.66. The number of carbonyl (C=O) groups is 2. The molecule has 0 radical (unpaired) electrons. The van der Waals surface area contributed by atoms with E-state index >= 15 is 0 Å². The molecule has 2 rings (SSSR count). The maximum absolute atomic E-state index is 12.1. The van der Waals surface area contributed by atoms with Crippen molar-refractivity contribution in [3.8, 4) is 0 Å². The van der Waals surface area contributed by atoms with Crippen LogP contribution in [0.15, 0.2) is 35.5 Å². The second kappa shape index (κ2) is 5.36. The molecule has 0 bridgehead atoms. The van der Waals surface area contributed by atoms with Gasteiger partial charge >= 0.3 is 12.0 Å². The minimum absolute atomic E-state index is 0.233. The number of hydrogen-bond acceptors (Lipinski definition) is 3. The molecule has 1 atom stereocenters. The van der Waals surface area contributed by atoms with Gasteiger partial charge in [0.25, 0.3) is 0 Å². The predicted octanol–water partition coefficient (Wildman–Crippen LogP) is 2.14. The van der Waals surface area contributed by atoms with Gasteiger partial charge in [0, 0.05) is 12.7 Å². The highest BCUT2D eigenvalue weighted by molar-refractivity contribution is 5.95. The van der Waals surface area contributed by atoms with Gasteiger partial charge in [0.2, 0.25) is 0 Å². The number of hydrogen-bond donors (Lipinski definition) is 1. The van der Waals surface area contributed by atoms with Crippen molar-refractivity contribution in [2.45, 2.75) is 19.9 Å². The zero-order chi connectivity index (χ0) is 14.9. The molecule has 0 aromatic heterocycles. The number of carbonyl (C=O) groups excluding carboxylic acids is 2. The number of nitrogens with zero attached hydrogens (tertiary/aromatic N) is 1. The summed E-state index contributed by atoms with van der Waals surface area (Å²) in [4.78, 5) is 25.5. The lowest BCUT2D eigenvalue weighted by Gasteiger charge is -2.33. The highest BCUT2D eigenvalue weighted by Gasteiger charge is 2.35. The fraction of sp³-hybridized carbons (Fsp3) is 0.333. The average Bonchev–Trinajstić information content (AvgIpc) is 2.44. The molecule has 0 spiro atoms. The number of methoxy groups -OCH3 is 1. The van der Waals surface area contributed by atoms with Crippen molar-refractivity contribution in [2.75, 3.05) is 14.2 Å². The van der Waals surface area contributed by atoms with Gasteiger partial charge in [0.15, 0.2) is 0 Å². The first kappa shape index (κ1) is 14.1. The molecule has 1 aliphatic rings. The Morgan fingerprint density at radius 1 is 1.30 bits per heavy atom. The van der Waals surface area contributed by atoms with Crippen LogP contribution in [-0.4, -0.2) is 31.1 Å². The van der Waals surface area contributed by atoms with Gasteiger partial charge in [-0.2, -0.15) is 0 Å². The summed E-state index contributed by atoms with van der Waals surface area (Å²) < 4.78 is 4.86. The maximum Gasteiger partial charge on any atom is 0.337 e. The molecule has 1 unspecified atom stereocenters. The van der Waals surface area contributed by atoms with Crippen LogP contribution in [0, 0.1) is 6.92 Å². The Balaban J connectivity index is 2.58. The lowest BCUT2D eigenvalue weighted by Crippen LogP contribution is -2.46. The van der Waals surface area contributed by atoms with E-state index in [2.05, 4.69) is 5.32 Å². The number of ether oxygens (including phenoxy) is 1. The lowest BCUT2D eigenvalue weighted by atomic mass is 9.92. The summed E-state index contributed by atoms with van der Waals surface area (Å²) in [6.45, 7) is 3.69. The van der Waals surface area contributed by atoms with Gasteiger partial charge in [0.1, 0.15) is 0 Å². The summed E-state index contributed by atoms with van der Waals surface area (Å²) in [5.41, 5.74) is 2.98. The Labute approximate surface area is 118 Å². The number of allylic oxidation sites excluding steroid dienone is 1. The van der Waals surface area contributed by atoms with Crippen LogP contribution in [0.1, 0.15) is 24.1 Å². The van der Waals surface area contributed by atoms with Crippen molar-refractivity contribution >= 4 is 12.0 Å². The van der Waals surface area contributed by atoms with Crippen molar-refractivity contribution in [3.05, 3.63) is 46.7 Å². The van der Waals surface area contributed by atoms with Gasteiger partial charge in [0.05, 0.1) is 18.7 Å². The highest BCUT2D eigenvalue weighted by atomic mass is 16.5. The van der Waals surface area contributed by atoms with E-state index in [1.807, 2.05) is 31.2 Å². The SMILES string of the molecule is COC(=O)C1=C(C)N(C)C(=O)NC1c1ccccc1C. The Hall–Kier alpha value is -2.30. The number of esters is 1. The summed E-state index contributed by atoms with van der Waals surface area (Å²) >= 11 is 0. The summed E-state index contributed by atoms with van der Waals surface area (Å²) in [5, 5.41) is 2.85. The molecule has 20 heavy (non-hydrogen) atoms. The van der Waals surface area contributed by atoms with Gasteiger partial charge in [-0.25, -0.2) is 9.59 Å². The standard InChI is InChI=1S/C15H18N2O3/c1-9-7-5-6-8-11(9)13-12(14(18)20-4)10(2)17(3)15(19)16-13/h5-8,13H,1-4H3,(H,16,19). The molecule has 5 nitrogen and oxygen atoms in total. The van der Waals surface area contributed by atoms with E-state index in [-0.39, 0.29) is 6.03 Å². The maximum atomic E-state index is 12.1. The number of benzene rings is 1. The molecule has 1 N–H and O–H groups in total. The van der Waals surface area contributed by atoms with E-state index in [0.29, 0.717) is 11.3 Å². The molecule has 0 aliphatic carbocycles. The van der Waals surface area contributed by atoms with Crippen LogP contribution in [0.4, 0.5) is 4.79 Å². The molecule has 5 heteroatoms. The molecule has 0 saturated carbocycles. The second-order valence-corrected chi connectivity index (χ2v) is 4.79. The van der Waals surface area contributed by atoms with Gasteiger partial charge in [-0.1, -0.05) is 24.3 Å². The first-order valence-corrected chi connectivity index (χ1v) is 6.36. The van der Waals surface area contributed by atoms with Crippen molar-refractivity contribution in [2.24, 2.45) is 0 Å². The number of rotatable bonds is 2. The fourth-order valence-electron chi connectivity index (χ4n) is 2.35. The molecule has 0 saturated heterocycles. The van der Waals surface area contributed by atoms with Crippen LogP contribution in [0.5, 0.6) is 0 Å². The third-order valence-electron chi connectivity index (χ3n) is 3.66. The van der Waals surface area contributed by atoms with Crippen molar-refractivity contribution in [3.63, 3.8) is 0 Å². The van der Waals surface area contributed by atoms with Crippen LogP contribution < -0.4 is 5.32 Å². The van der Waals surface area contributed by atoms with Crippen LogP contribution in [-0.2, 0) is 9.53 Å². The normalized spacial score (nSPS) is 18.9. The Bertz CT molecular complexity index is 593. The molecule has 0 fully saturated rings. The second-order valence-electron chi connectivity index (χ2n) is 4.79. The largest absolute Gasteiger partial charge is 0.466 e. The smallest absolute Gasteiger partial charge is 0.337 e.